The molecule has 5 nitrogen and oxygen atoms in total. The third kappa shape index (κ3) is 3.56. The quantitative estimate of drug-likeness (QED) is 0.485. The molecule has 0 fully saturated rings. The van der Waals surface area contributed by atoms with Gasteiger partial charge in [-0.1, -0.05) is 46.3 Å². The van der Waals surface area contributed by atoms with Gasteiger partial charge in [-0.2, -0.15) is 0 Å². The molecule has 4 rings (SSSR count). The van der Waals surface area contributed by atoms with E-state index in [1.54, 1.807) is 42.5 Å². The van der Waals surface area contributed by atoms with Crippen LogP contribution < -0.4 is 5.32 Å². The summed E-state index contributed by atoms with van der Waals surface area (Å²) in [5.41, 5.74) is 1.87. The van der Waals surface area contributed by atoms with Gasteiger partial charge in [0.25, 0.3) is 0 Å². The van der Waals surface area contributed by atoms with E-state index in [0.29, 0.717) is 11.0 Å². The summed E-state index contributed by atoms with van der Waals surface area (Å²) in [6.07, 6.45) is 0. The maximum atomic E-state index is 13.2. The Morgan fingerprint density at radius 3 is 2.00 bits per heavy atom. The average molecular weight is 440 g/mol. The molecule has 0 spiro atoms. The number of hydrogen-bond donors (Lipinski definition) is 1. The van der Waals surface area contributed by atoms with Crippen molar-refractivity contribution in [3.63, 3.8) is 0 Å². The molecule has 7 heteroatoms. The Balaban J connectivity index is 1.92. The van der Waals surface area contributed by atoms with E-state index in [1.165, 1.54) is 0 Å². The van der Waals surface area contributed by atoms with Gasteiger partial charge < -0.3 is 5.32 Å². The molecule has 1 aromatic heterocycles. The van der Waals surface area contributed by atoms with Crippen molar-refractivity contribution in [2.45, 2.75) is 9.92 Å². The first kappa shape index (κ1) is 17.6. The zero-order valence-electron chi connectivity index (χ0n) is 14.0. The van der Waals surface area contributed by atoms with Crippen LogP contribution in [0.1, 0.15) is 0 Å². The molecule has 0 atom stereocenters. The number of benzene rings is 3. The molecule has 134 valence electrons. The summed E-state index contributed by atoms with van der Waals surface area (Å²) >= 11 is 3.32. The van der Waals surface area contributed by atoms with Crippen LogP contribution in [-0.2, 0) is 9.84 Å². The van der Waals surface area contributed by atoms with E-state index in [9.17, 15) is 8.42 Å². The minimum Gasteiger partial charge on any atom is -0.338 e. The molecule has 0 aliphatic heterocycles. The van der Waals surface area contributed by atoms with Gasteiger partial charge in [0, 0.05) is 10.2 Å². The summed E-state index contributed by atoms with van der Waals surface area (Å²) in [5, 5.41) is 2.99. The number of fused-ring (bicyclic) bond motifs is 1. The fraction of sp³-hybridized carbons (Fsp3) is 0. The van der Waals surface area contributed by atoms with Crippen molar-refractivity contribution in [2.75, 3.05) is 5.32 Å². The predicted octanol–water partition coefficient (Wildman–Crippen LogP) is 4.97. The molecule has 0 aliphatic rings. The van der Waals surface area contributed by atoms with Crippen molar-refractivity contribution >= 4 is 48.3 Å². The van der Waals surface area contributed by atoms with E-state index in [4.69, 9.17) is 0 Å². The van der Waals surface area contributed by atoms with Crippen LogP contribution in [-0.4, -0.2) is 18.4 Å². The number of halogens is 1. The number of rotatable bonds is 4. The van der Waals surface area contributed by atoms with Gasteiger partial charge in [-0.25, -0.2) is 18.4 Å². The standard InChI is InChI=1S/C20H14BrN3O2S/c21-14-10-12-16(13-11-14)27(25,26)20-19(22-15-6-2-1-3-7-15)23-17-8-4-5-9-18(17)24-20/h1-13H,(H,22,23). The number of para-hydroxylation sites is 3. The van der Waals surface area contributed by atoms with E-state index in [0.717, 1.165) is 10.2 Å². The molecule has 3 aromatic carbocycles. The number of nitrogens with zero attached hydrogens (tertiary/aromatic N) is 2. The molecule has 0 radical (unpaired) electrons. The number of hydrogen-bond acceptors (Lipinski definition) is 5. The molecule has 1 N–H and O–H groups in total. The van der Waals surface area contributed by atoms with Gasteiger partial charge in [0.15, 0.2) is 5.82 Å². The van der Waals surface area contributed by atoms with Crippen LogP contribution in [0.4, 0.5) is 11.5 Å². The first-order valence-electron chi connectivity index (χ1n) is 8.13. The number of anilines is 2. The molecule has 0 saturated heterocycles. The molecule has 0 amide bonds. The van der Waals surface area contributed by atoms with E-state index < -0.39 is 9.84 Å². The van der Waals surface area contributed by atoms with Crippen LogP contribution in [0.3, 0.4) is 0 Å². The predicted molar refractivity (Wildman–Crippen MR) is 109 cm³/mol. The van der Waals surface area contributed by atoms with Crippen LogP contribution in [0.5, 0.6) is 0 Å². The van der Waals surface area contributed by atoms with Crippen LogP contribution in [0.2, 0.25) is 0 Å². The minimum absolute atomic E-state index is 0.104. The molecule has 0 bridgehead atoms. The van der Waals surface area contributed by atoms with Crippen LogP contribution >= 0.6 is 15.9 Å². The summed E-state index contributed by atoms with van der Waals surface area (Å²) in [5.74, 6) is 0.197. The van der Waals surface area contributed by atoms with E-state index >= 15 is 0 Å². The Morgan fingerprint density at radius 1 is 0.741 bits per heavy atom. The van der Waals surface area contributed by atoms with Crippen molar-refractivity contribution in [2.24, 2.45) is 0 Å². The lowest BCUT2D eigenvalue weighted by Gasteiger charge is -2.12. The molecular weight excluding hydrogens is 426 g/mol. The molecule has 27 heavy (non-hydrogen) atoms. The Bertz CT molecular complexity index is 1210. The topological polar surface area (TPSA) is 72.0 Å². The van der Waals surface area contributed by atoms with Crippen LogP contribution in [0.25, 0.3) is 11.0 Å². The Labute approximate surface area is 165 Å². The summed E-state index contributed by atoms with van der Waals surface area (Å²) < 4.78 is 27.3. The molecule has 0 aliphatic carbocycles. The molecule has 0 unspecified atom stereocenters. The molecular formula is C20H14BrN3O2S. The second kappa shape index (κ2) is 7.09. The summed E-state index contributed by atoms with van der Waals surface area (Å²) in [7, 11) is -3.85. The second-order valence-electron chi connectivity index (χ2n) is 5.81. The number of sulfone groups is 1. The summed E-state index contributed by atoms with van der Waals surface area (Å²) in [6.45, 7) is 0. The Hall–Kier alpha value is -2.77. The van der Waals surface area contributed by atoms with Crippen LogP contribution in [0, 0.1) is 0 Å². The lowest BCUT2D eigenvalue weighted by molar-refractivity contribution is 0.593. The number of aromatic nitrogens is 2. The van der Waals surface area contributed by atoms with Gasteiger partial charge in [0.1, 0.15) is 0 Å². The van der Waals surface area contributed by atoms with Gasteiger partial charge in [-0.05, 0) is 48.5 Å². The third-order valence-electron chi connectivity index (χ3n) is 3.95. The van der Waals surface area contributed by atoms with Crippen molar-refractivity contribution in [3.8, 4) is 0 Å². The maximum absolute atomic E-state index is 13.2. The van der Waals surface area contributed by atoms with Crippen molar-refractivity contribution < 1.29 is 8.42 Å². The third-order valence-corrected chi connectivity index (χ3v) is 6.17. The van der Waals surface area contributed by atoms with Gasteiger partial charge >= 0.3 is 0 Å². The first-order valence-corrected chi connectivity index (χ1v) is 10.4. The maximum Gasteiger partial charge on any atom is 0.227 e. The minimum atomic E-state index is -3.85. The van der Waals surface area contributed by atoms with Crippen molar-refractivity contribution in [3.05, 3.63) is 83.3 Å². The van der Waals surface area contributed by atoms with Gasteiger partial charge in [-0.15, -0.1) is 0 Å². The van der Waals surface area contributed by atoms with Gasteiger partial charge in [0.05, 0.1) is 15.9 Å². The lowest BCUT2D eigenvalue weighted by Crippen LogP contribution is -2.10. The van der Waals surface area contributed by atoms with Crippen molar-refractivity contribution in [1.29, 1.82) is 0 Å². The Kier molecular flexibility index (Phi) is 4.63. The summed E-state index contributed by atoms with van der Waals surface area (Å²) in [6, 6.07) is 22.9. The zero-order chi connectivity index (χ0) is 18.9. The highest BCUT2D eigenvalue weighted by molar-refractivity contribution is 9.10. The fourth-order valence-corrected chi connectivity index (χ4v) is 4.19. The first-order chi connectivity index (χ1) is 13.0. The largest absolute Gasteiger partial charge is 0.338 e. The monoisotopic (exact) mass is 439 g/mol. The molecule has 0 saturated carbocycles. The van der Waals surface area contributed by atoms with E-state index in [2.05, 4.69) is 31.2 Å². The lowest BCUT2D eigenvalue weighted by atomic mass is 10.3. The second-order valence-corrected chi connectivity index (χ2v) is 8.60. The van der Waals surface area contributed by atoms with E-state index in [1.807, 2.05) is 36.4 Å². The Morgan fingerprint density at radius 2 is 1.33 bits per heavy atom. The van der Waals surface area contributed by atoms with Gasteiger partial charge in [0.2, 0.25) is 14.9 Å². The molecule has 1 heterocycles. The van der Waals surface area contributed by atoms with E-state index in [-0.39, 0.29) is 15.7 Å². The number of nitrogens with one attached hydrogen (secondary N) is 1. The van der Waals surface area contributed by atoms with Crippen molar-refractivity contribution in [1.82, 2.24) is 9.97 Å². The SMILES string of the molecule is O=S(=O)(c1ccc(Br)cc1)c1nc2ccccc2nc1Nc1ccccc1. The van der Waals surface area contributed by atoms with Crippen LogP contribution in [0.15, 0.2) is 93.3 Å². The summed E-state index contributed by atoms with van der Waals surface area (Å²) in [4.78, 5) is 9.09. The molecule has 4 aromatic rings. The normalized spacial score (nSPS) is 11.4. The highest BCUT2D eigenvalue weighted by Gasteiger charge is 2.25. The average Bonchev–Trinajstić information content (AvgIpc) is 2.68. The fourth-order valence-electron chi connectivity index (χ4n) is 2.64. The van der Waals surface area contributed by atoms with Gasteiger partial charge in [-0.3, -0.25) is 0 Å². The smallest absolute Gasteiger partial charge is 0.227 e. The highest BCUT2D eigenvalue weighted by Crippen LogP contribution is 2.29. The zero-order valence-corrected chi connectivity index (χ0v) is 16.4. The highest BCUT2D eigenvalue weighted by atomic mass is 79.9.